The van der Waals surface area contributed by atoms with Gasteiger partial charge in [-0.2, -0.15) is 0 Å². The molecule has 0 bridgehead atoms. The molecule has 8 amide bonds. The van der Waals surface area contributed by atoms with E-state index in [1.807, 2.05) is 0 Å². The predicted octanol–water partition coefficient (Wildman–Crippen LogP) is 9.46. The van der Waals surface area contributed by atoms with Crippen molar-refractivity contribution in [3.8, 4) is 23.0 Å². The fourth-order valence-electron chi connectivity index (χ4n) is 9.66. The second kappa shape index (κ2) is 17.8. The summed E-state index contributed by atoms with van der Waals surface area (Å²) in [5, 5.41) is 18.8. The summed E-state index contributed by atoms with van der Waals surface area (Å²) in [6.45, 7) is 0. The Labute approximate surface area is 433 Å². The number of imide groups is 4. The highest BCUT2D eigenvalue weighted by atomic mass is 16.5. The van der Waals surface area contributed by atoms with Gasteiger partial charge in [-0.05, 0) is 151 Å². The average molecular weight is 1020 g/mol. The Morgan fingerprint density at radius 3 is 0.870 bits per heavy atom. The van der Waals surface area contributed by atoms with Crippen LogP contribution in [0.4, 0.5) is 22.7 Å². The number of hydrogen-bond donors (Lipinski definition) is 2. The van der Waals surface area contributed by atoms with Gasteiger partial charge in [0.25, 0.3) is 47.3 Å². The summed E-state index contributed by atoms with van der Waals surface area (Å²) < 4.78 is 12.0. The number of carbonyl (C=O) groups is 10. The van der Waals surface area contributed by atoms with E-state index in [4.69, 9.17) is 9.47 Å². The molecule has 18 nitrogen and oxygen atoms in total. The third-order valence-corrected chi connectivity index (χ3v) is 13.4. The molecule has 0 aromatic heterocycles. The van der Waals surface area contributed by atoms with E-state index in [9.17, 15) is 58.2 Å². The van der Waals surface area contributed by atoms with E-state index in [1.165, 1.54) is 121 Å². The molecule has 77 heavy (non-hydrogen) atoms. The first kappa shape index (κ1) is 46.9. The number of aromatic carboxylic acids is 2. The van der Waals surface area contributed by atoms with Crippen LogP contribution < -0.4 is 29.1 Å². The van der Waals surface area contributed by atoms with Gasteiger partial charge in [0.1, 0.15) is 23.0 Å². The lowest BCUT2D eigenvalue weighted by Gasteiger charge is -2.15. The van der Waals surface area contributed by atoms with Crippen LogP contribution in [0.5, 0.6) is 23.0 Å². The molecule has 0 unspecified atom stereocenters. The van der Waals surface area contributed by atoms with Crippen LogP contribution in [0.2, 0.25) is 0 Å². The van der Waals surface area contributed by atoms with Crippen molar-refractivity contribution in [3.63, 3.8) is 0 Å². The number of carbonyl (C=O) groups excluding carboxylic acids is 8. The SMILES string of the molecule is O=C(O)c1cccc(N2C(=O)c3ccc(Oc4ccc5c(c4)C(=O)N(c4ccc(Cc6ccc(N7C(=O)c8ccc(Oc9ccc%10c(c9)C(=O)N(c9cccc(C(=O)O)c9)C%10=O)cc8C7=O)cc6)cc4)C5=O)cc3C2=O)c1. The quantitative estimate of drug-likeness (QED) is 0.108. The van der Waals surface area contributed by atoms with E-state index in [-0.39, 0.29) is 90.0 Å². The van der Waals surface area contributed by atoms with E-state index >= 15 is 0 Å². The zero-order chi connectivity index (χ0) is 53.6. The van der Waals surface area contributed by atoms with Gasteiger partial charge < -0.3 is 19.7 Å². The first-order chi connectivity index (χ1) is 37.1. The molecule has 372 valence electrons. The summed E-state index contributed by atoms with van der Waals surface area (Å²) in [6, 6.07) is 41.9. The van der Waals surface area contributed by atoms with Crippen LogP contribution in [-0.4, -0.2) is 69.4 Å². The summed E-state index contributed by atoms with van der Waals surface area (Å²) in [5.41, 5.74) is 3.06. The van der Waals surface area contributed by atoms with Crippen LogP contribution in [0.25, 0.3) is 0 Å². The molecule has 0 radical (unpaired) electrons. The first-order valence-corrected chi connectivity index (χ1v) is 23.4. The standard InChI is InChI=1S/C59H32N4O14/c64-50-42-19-15-38(76-40-17-21-44-48(28-40)56(70)62(52(44)66)36-5-1-3-32(24-36)58(72)73)26-46(42)54(68)60(50)34-11-7-30(8-12-34)23-31-9-13-35(14-10-31)61-51(65)43-20-16-39(27-47(43)55(61)69)77-41-18-22-45-49(29-41)57(71)63(53(45)67)37-6-2-4-33(25-37)59(74)75/h1-22,24-29H,23H2,(H,72,73)(H,74,75). The number of hydrogen-bond acceptors (Lipinski definition) is 12. The lowest BCUT2D eigenvalue weighted by atomic mass is 10.0. The van der Waals surface area contributed by atoms with Gasteiger partial charge in [-0.1, -0.05) is 36.4 Å². The molecule has 0 atom stereocenters. The summed E-state index contributed by atoms with van der Waals surface area (Å²) in [4.78, 5) is 135. The largest absolute Gasteiger partial charge is 0.478 e. The minimum atomic E-state index is -1.22. The molecule has 8 aromatic carbocycles. The van der Waals surface area contributed by atoms with Crippen molar-refractivity contribution in [1.29, 1.82) is 0 Å². The summed E-state index contributed by atoms with van der Waals surface area (Å²) in [5.74, 6) is -6.58. The van der Waals surface area contributed by atoms with Gasteiger partial charge in [-0.3, -0.25) is 38.4 Å². The molecule has 12 rings (SSSR count). The predicted molar refractivity (Wildman–Crippen MR) is 273 cm³/mol. The summed E-state index contributed by atoms with van der Waals surface area (Å²) >= 11 is 0. The van der Waals surface area contributed by atoms with Crippen LogP contribution in [-0.2, 0) is 6.42 Å². The van der Waals surface area contributed by atoms with Crippen LogP contribution in [0.3, 0.4) is 0 Å². The Hall–Kier alpha value is -11.1. The number of amides is 8. The number of benzene rings is 8. The topological polar surface area (TPSA) is 243 Å². The highest BCUT2D eigenvalue weighted by Gasteiger charge is 2.41. The summed E-state index contributed by atoms with van der Waals surface area (Å²) in [6.07, 6.45) is 0.420. The van der Waals surface area contributed by atoms with Gasteiger partial charge in [-0.25, -0.2) is 29.2 Å². The number of carboxylic acid groups (broad SMARTS) is 2. The Morgan fingerprint density at radius 2 is 0.584 bits per heavy atom. The Balaban J connectivity index is 0.682. The van der Waals surface area contributed by atoms with Gasteiger partial charge in [0, 0.05) is 0 Å². The minimum absolute atomic E-state index is 0.0372. The minimum Gasteiger partial charge on any atom is -0.478 e. The number of rotatable bonds is 12. The molecule has 0 fully saturated rings. The molecule has 4 aliphatic heterocycles. The van der Waals surface area contributed by atoms with Crippen molar-refractivity contribution in [2.75, 3.05) is 19.6 Å². The number of fused-ring (bicyclic) bond motifs is 4. The second-order valence-electron chi connectivity index (χ2n) is 18.0. The van der Waals surface area contributed by atoms with E-state index in [1.54, 1.807) is 48.5 Å². The van der Waals surface area contributed by atoms with Crippen LogP contribution in [0.15, 0.2) is 170 Å². The Kier molecular flexibility index (Phi) is 10.8. The molecular formula is C59H32N4O14. The molecule has 2 N–H and O–H groups in total. The highest BCUT2D eigenvalue weighted by Crippen LogP contribution is 2.38. The smallest absolute Gasteiger partial charge is 0.335 e. The zero-order valence-corrected chi connectivity index (χ0v) is 39.5. The van der Waals surface area contributed by atoms with E-state index in [0.29, 0.717) is 17.8 Å². The third-order valence-electron chi connectivity index (χ3n) is 13.4. The highest BCUT2D eigenvalue weighted by molar-refractivity contribution is 6.37. The fourth-order valence-corrected chi connectivity index (χ4v) is 9.66. The molecule has 0 aliphatic carbocycles. The normalized spacial score (nSPS) is 14.3. The second-order valence-corrected chi connectivity index (χ2v) is 18.0. The van der Waals surface area contributed by atoms with E-state index in [0.717, 1.165) is 30.7 Å². The fraction of sp³-hybridized carbons (Fsp3) is 0.0169. The van der Waals surface area contributed by atoms with Gasteiger partial charge in [0.15, 0.2) is 0 Å². The average Bonchev–Trinajstić information content (AvgIpc) is 4.06. The third kappa shape index (κ3) is 7.84. The number of carboxylic acids is 2. The Bertz CT molecular complexity index is 3790. The van der Waals surface area contributed by atoms with Crippen LogP contribution >= 0.6 is 0 Å². The van der Waals surface area contributed by atoms with Gasteiger partial charge in [0.05, 0.1) is 78.4 Å². The van der Waals surface area contributed by atoms with Crippen molar-refractivity contribution in [2.24, 2.45) is 0 Å². The molecule has 4 heterocycles. The number of anilines is 4. The molecule has 4 aliphatic rings. The monoisotopic (exact) mass is 1020 g/mol. The molecule has 8 aromatic rings. The van der Waals surface area contributed by atoms with Crippen LogP contribution in [0, 0.1) is 0 Å². The van der Waals surface area contributed by atoms with Crippen molar-refractivity contribution in [2.45, 2.75) is 6.42 Å². The Morgan fingerprint density at radius 1 is 0.312 bits per heavy atom. The number of nitrogens with zero attached hydrogens (tertiary/aromatic N) is 4. The van der Waals surface area contributed by atoms with E-state index in [2.05, 4.69) is 0 Å². The lowest BCUT2D eigenvalue weighted by Crippen LogP contribution is -2.29. The van der Waals surface area contributed by atoms with E-state index < -0.39 is 59.2 Å². The maximum atomic E-state index is 13.8. The molecule has 0 spiro atoms. The number of ether oxygens (including phenoxy) is 2. The van der Waals surface area contributed by atoms with Gasteiger partial charge in [-0.15, -0.1) is 0 Å². The first-order valence-electron chi connectivity index (χ1n) is 23.4. The van der Waals surface area contributed by atoms with Crippen molar-refractivity contribution >= 4 is 81.9 Å². The lowest BCUT2D eigenvalue weighted by molar-refractivity contribution is 0.0686. The maximum absolute atomic E-state index is 13.8. The van der Waals surface area contributed by atoms with Crippen molar-refractivity contribution < 1.29 is 67.6 Å². The molecule has 0 saturated carbocycles. The maximum Gasteiger partial charge on any atom is 0.335 e. The zero-order valence-electron chi connectivity index (χ0n) is 39.5. The van der Waals surface area contributed by atoms with Crippen molar-refractivity contribution in [3.05, 3.63) is 237 Å². The van der Waals surface area contributed by atoms with Gasteiger partial charge >= 0.3 is 11.9 Å². The van der Waals surface area contributed by atoms with Crippen LogP contribution in [0.1, 0.15) is 115 Å². The molecule has 0 saturated heterocycles. The van der Waals surface area contributed by atoms with Gasteiger partial charge in [0.2, 0.25) is 0 Å². The summed E-state index contributed by atoms with van der Waals surface area (Å²) in [7, 11) is 0. The van der Waals surface area contributed by atoms with Crippen molar-refractivity contribution in [1.82, 2.24) is 0 Å². The molecule has 18 heteroatoms. The molecular weight excluding hydrogens is 989 g/mol.